The maximum absolute atomic E-state index is 15.4. The molecular weight excluding hydrogens is 634 g/mol. The third-order valence-electron chi connectivity index (χ3n) is 3.92. The van der Waals surface area contributed by atoms with Crippen molar-refractivity contribution >= 4 is 46.5 Å². The number of hydrogen-bond acceptors (Lipinski definition) is 4. The van der Waals surface area contributed by atoms with Crippen LogP contribution in [0, 0.1) is 0 Å². The zero-order valence-electron chi connectivity index (χ0n) is 16.5. The Kier molecular flexibility index (Phi) is 7.82. The molecule has 0 spiro atoms. The van der Waals surface area contributed by atoms with Gasteiger partial charge in [-0.05, 0) is 0 Å². The van der Waals surface area contributed by atoms with Gasteiger partial charge in [-0.25, -0.2) is 14.4 Å². The second-order valence-corrected chi connectivity index (χ2v) is 17.1. The summed E-state index contributed by atoms with van der Waals surface area (Å²) in [6.07, 6.45) is 7.59. The van der Waals surface area contributed by atoms with E-state index in [0.29, 0.717) is 11.4 Å². The van der Waals surface area contributed by atoms with Crippen LogP contribution >= 0.6 is 40.8 Å². The van der Waals surface area contributed by atoms with E-state index in [1.54, 1.807) is 18.4 Å². The number of oxazole rings is 2. The number of allylic oxidation sites excluding steroid dienone is 2. The topological polar surface area (TPSA) is 66.2 Å². The molecule has 2 aromatic heterocycles. The van der Waals surface area contributed by atoms with Crippen molar-refractivity contribution in [3.8, 4) is 0 Å². The summed E-state index contributed by atoms with van der Waals surface area (Å²) in [4.78, 5) is 8.71. The summed E-state index contributed by atoms with van der Waals surface area (Å²) >= 11 is 4.49. The van der Waals surface area contributed by atoms with Crippen molar-refractivity contribution in [1.29, 1.82) is 0 Å². The summed E-state index contributed by atoms with van der Waals surface area (Å²) in [7, 11) is 1.38. The first-order chi connectivity index (χ1) is 12.9. The van der Waals surface area contributed by atoms with E-state index >= 15 is 4.39 Å². The molecule has 0 unspecified atom stereocenters. The van der Waals surface area contributed by atoms with Crippen molar-refractivity contribution in [2.24, 2.45) is 0 Å². The third kappa shape index (κ3) is 5.82. The molecule has 5 nitrogen and oxygen atoms in total. The second kappa shape index (κ2) is 9.17. The summed E-state index contributed by atoms with van der Waals surface area (Å²) in [5, 5.41) is 4.14. The molecule has 156 valence electrons. The fourth-order valence-corrected chi connectivity index (χ4v) is 2.27. The van der Waals surface area contributed by atoms with Gasteiger partial charge >= 0.3 is 49.1 Å². The molecule has 0 fully saturated rings. The number of halogens is 3. The van der Waals surface area contributed by atoms with E-state index in [9.17, 15) is 0 Å². The molecule has 3 rings (SSSR count). The molecule has 9 heteroatoms. The summed E-state index contributed by atoms with van der Waals surface area (Å²) in [5.41, 5.74) is 1.37. The number of hydrogen-bond donors (Lipinski definition) is 0. The van der Waals surface area contributed by atoms with Gasteiger partial charge < -0.3 is 14.2 Å². The Morgan fingerprint density at radius 2 is 1.54 bits per heavy atom. The monoisotopic (exact) mass is 657 g/mol. The van der Waals surface area contributed by atoms with Gasteiger partial charge in [0.25, 0.3) is 0 Å². The van der Waals surface area contributed by atoms with Gasteiger partial charge in [0.15, 0.2) is 0 Å². The number of nitrogens with zero attached hydrogens (tertiary/aromatic N) is 3. The van der Waals surface area contributed by atoms with Crippen molar-refractivity contribution < 1.29 is 21.5 Å². The average Bonchev–Trinajstić information content (AvgIpc) is 3.25. The number of rotatable bonds is 2. The Balaban J connectivity index is 0.000000878. The Morgan fingerprint density at radius 3 is 2.04 bits per heavy atom. The van der Waals surface area contributed by atoms with Crippen molar-refractivity contribution in [2.45, 2.75) is 58.2 Å². The summed E-state index contributed by atoms with van der Waals surface area (Å²) in [5.74, 6) is -2.00. The van der Waals surface area contributed by atoms with Gasteiger partial charge in [0.05, 0.1) is 11.4 Å². The minimum absolute atomic E-state index is 0.0955. The summed E-state index contributed by atoms with van der Waals surface area (Å²) in [6, 6.07) is 0. The molecule has 0 radical (unpaired) electrons. The van der Waals surface area contributed by atoms with Gasteiger partial charge in [-0.1, -0.05) is 65.5 Å². The Labute approximate surface area is 194 Å². The van der Waals surface area contributed by atoms with E-state index in [0.717, 1.165) is 5.69 Å². The predicted octanol–water partition coefficient (Wildman–Crippen LogP) is 7.13. The fourth-order valence-electron chi connectivity index (χ4n) is 2.27. The molecule has 1 aliphatic rings. The molecule has 0 N–H and O–H groups in total. The van der Waals surface area contributed by atoms with Crippen LogP contribution < -0.4 is 0 Å². The van der Waals surface area contributed by atoms with E-state index < -0.39 is 5.79 Å². The van der Waals surface area contributed by atoms with Crippen molar-refractivity contribution in [3.05, 3.63) is 59.2 Å². The van der Waals surface area contributed by atoms with Crippen LogP contribution in [-0.4, -0.2) is 9.97 Å². The summed E-state index contributed by atoms with van der Waals surface area (Å²) in [6.45, 7) is 12.0. The molecule has 28 heavy (non-hydrogen) atoms. The van der Waals surface area contributed by atoms with Gasteiger partial charge in [-0.2, -0.15) is 0 Å². The molecule has 2 aromatic rings. The predicted molar refractivity (Wildman–Crippen MR) is 122 cm³/mol. The van der Waals surface area contributed by atoms with Crippen LogP contribution in [0.1, 0.15) is 64.7 Å². The van der Waals surface area contributed by atoms with Crippen molar-refractivity contribution in [1.82, 2.24) is 9.97 Å². The van der Waals surface area contributed by atoms with Crippen LogP contribution in [-0.2, 0) is 24.9 Å². The van der Waals surface area contributed by atoms with Gasteiger partial charge in [-0.15, -0.1) is 0 Å². The molecule has 1 aliphatic heterocycles. The average molecular weight is 657 g/mol. The quantitative estimate of drug-likeness (QED) is 0.255. The molecule has 0 bridgehead atoms. The molecule has 0 amide bonds. The zero-order valence-corrected chi connectivity index (χ0v) is 21.9. The van der Waals surface area contributed by atoms with Crippen LogP contribution in [0.15, 0.2) is 39.6 Å². The minimum atomic E-state index is -2.18. The first-order valence-corrected chi connectivity index (χ1v) is 15.2. The first-order valence-electron chi connectivity index (χ1n) is 8.48. The first kappa shape index (κ1) is 23.9. The van der Waals surface area contributed by atoms with Crippen LogP contribution in [0.25, 0.3) is 11.0 Å². The molecular formula is C19H23CoFI2N3O2. The van der Waals surface area contributed by atoms with Gasteiger partial charge in [0, 0.05) is 10.8 Å². The molecule has 0 saturated carbocycles. The normalized spacial score (nSPS) is 19.7. The van der Waals surface area contributed by atoms with Gasteiger partial charge in [0.2, 0.25) is 11.8 Å². The summed E-state index contributed by atoms with van der Waals surface area (Å²) < 4.78 is 26.2. The molecule has 0 aliphatic carbocycles. The maximum atomic E-state index is 15.4. The van der Waals surface area contributed by atoms with Crippen molar-refractivity contribution in [2.75, 3.05) is 0 Å². The molecule has 3 heterocycles. The number of aromatic nitrogens is 2. The standard InChI is InChI=1S/C19H23FN3O2.Co.2HI/c1-17(2,3)13-10-24-15(21-13)12-8-7-9-19(20,23-12)16-22-14(11-25-16)18(4,5)6;;;/h7-11H,1-6H3;;2*1H/q-1;+3;;/p-2/t19-;;;/m0.../s1. The number of alkyl halides is 1. The van der Waals surface area contributed by atoms with E-state index in [1.165, 1.54) is 20.6 Å². The Morgan fingerprint density at radius 1 is 1.00 bits per heavy atom. The van der Waals surface area contributed by atoms with Crippen LogP contribution in [0.3, 0.4) is 0 Å². The van der Waals surface area contributed by atoms with Crippen LogP contribution in [0.5, 0.6) is 0 Å². The van der Waals surface area contributed by atoms with E-state index in [1.807, 2.05) is 41.5 Å². The van der Waals surface area contributed by atoms with E-state index in [-0.39, 0.29) is 22.6 Å². The van der Waals surface area contributed by atoms with E-state index in [2.05, 4.69) is 56.1 Å². The SMILES string of the molecule is CC(C)(C)c1coc(C2=CC=C[C@@](F)(c3nc(C(C)(C)C)co3)[N-]2)n1.[I][Co+][I]. The molecule has 1 atom stereocenters. The second-order valence-electron chi connectivity index (χ2n) is 8.32. The Hall–Kier alpha value is -0.404. The van der Waals surface area contributed by atoms with Crippen LogP contribution in [0.2, 0.25) is 0 Å². The van der Waals surface area contributed by atoms with E-state index in [4.69, 9.17) is 8.83 Å². The zero-order chi connectivity index (χ0) is 21.2. The van der Waals surface area contributed by atoms with Crippen LogP contribution in [0.4, 0.5) is 4.39 Å². The molecule has 0 aromatic carbocycles. The Bertz CT molecular complexity index is 865. The van der Waals surface area contributed by atoms with Crippen molar-refractivity contribution in [3.63, 3.8) is 0 Å². The fraction of sp³-hybridized carbons (Fsp3) is 0.474. The molecule has 0 saturated heterocycles. The van der Waals surface area contributed by atoms with Gasteiger partial charge in [0.1, 0.15) is 18.3 Å². The van der Waals surface area contributed by atoms with Gasteiger partial charge in [-0.3, -0.25) is 0 Å². The third-order valence-corrected chi connectivity index (χ3v) is 3.92.